The molecule has 3 aromatic rings. The molecule has 1 aliphatic rings. The molecule has 0 amide bonds. The Morgan fingerprint density at radius 2 is 1.41 bits per heavy atom. The van der Waals surface area contributed by atoms with Gasteiger partial charge in [-0.2, -0.15) is 26.3 Å². The van der Waals surface area contributed by atoms with Crippen LogP contribution >= 0.6 is 0 Å². The Hall–Kier alpha value is -3.34. The zero-order valence-electron chi connectivity index (χ0n) is 15.9. The Balaban J connectivity index is 1.69. The zero-order valence-corrected chi connectivity index (χ0v) is 15.9. The van der Waals surface area contributed by atoms with Gasteiger partial charge in [-0.25, -0.2) is 0 Å². The molecule has 3 N–H and O–H groups in total. The first-order valence-corrected chi connectivity index (χ1v) is 9.28. The summed E-state index contributed by atoms with van der Waals surface area (Å²) in [6.45, 7) is 0. The molecule has 0 saturated heterocycles. The molecular formula is C21H14F6N2O3. The van der Waals surface area contributed by atoms with Crippen LogP contribution in [0.3, 0.4) is 0 Å². The van der Waals surface area contributed by atoms with Gasteiger partial charge in [0.15, 0.2) is 0 Å². The molecule has 0 radical (unpaired) electrons. The maximum atomic E-state index is 13.1. The summed E-state index contributed by atoms with van der Waals surface area (Å²) in [6.07, 6.45) is -10.8. The number of alkyl halides is 6. The minimum atomic E-state index is -5.07. The van der Waals surface area contributed by atoms with Crippen LogP contribution in [0.2, 0.25) is 0 Å². The van der Waals surface area contributed by atoms with Gasteiger partial charge in [-0.05, 0) is 29.3 Å². The fourth-order valence-corrected chi connectivity index (χ4v) is 3.72. The monoisotopic (exact) mass is 456 g/mol. The van der Waals surface area contributed by atoms with Gasteiger partial charge < -0.3 is 15.7 Å². The Bertz CT molecular complexity index is 1230. The Morgan fingerprint density at radius 1 is 0.844 bits per heavy atom. The first kappa shape index (κ1) is 21.9. The molecule has 0 saturated carbocycles. The maximum Gasteiger partial charge on any atom is 0.416 e. The summed E-state index contributed by atoms with van der Waals surface area (Å²) in [6, 6.07) is 6.93. The van der Waals surface area contributed by atoms with Gasteiger partial charge in [0.2, 0.25) is 0 Å². The smallest absolute Gasteiger partial charge is 0.390 e. The molecule has 3 aromatic carbocycles. The molecule has 168 valence electrons. The van der Waals surface area contributed by atoms with Crippen molar-refractivity contribution in [1.29, 1.82) is 0 Å². The molecule has 2 atom stereocenters. The van der Waals surface area contributed by atoms with Gasteiger partial charge in [-0.1, -0.05) is 24.3 Å². The van der Waals surface area contributed by atoms with E-state index >= 15 is 0 Å². The number of hydrogen-bond donors (Lipinski definition) is 3. The number of aliphatic hydroxyl groups is 1. The highest BCUT2D eigenvalue weighted by atomic mass is 19.4. The van der Waals surface area contributed by atoms with E-state index in [1.807, 2.05) is 0 Å². The van der Waals surface area contributed by atoms with Gasteiger partial charge in [-0.3, -0.25) is 9.59 Å². The molecule has 0 aromatic heterocycles. The molecule has 11 heteroatoms. The van der Waals surface area contributed by atoms with Crippen molar-refractivity contribution in [3.8, 4) is 0 Å². The van der Waals surface area contributed by atoms with Crippen LogP contribution < -0.4 is 21.5 Å². The van der Waals surface area contributed by atoms with Crippen molar-refractivity contribution in [3.63, 3.8) is 0 Å². The van der Waals surface area contributed by atoms with Crippen LogP contribution in [-0.4, -0.2) is 11.2 Å². The van der Waals surface area contributed by atoms with Crippen LogP contribution in [0.15, 0.2) is 52.1 Å². The Morgan fingerprint density at radius 3 is 2.00 bits per heavy atom. The van der Waals surface area contributed by atoms with Crippen molar-refractivity contribution in [2.75, 3.05) is 10.6 Å². The summed E-state index contributed by atoms with van der Waals surface area (Å²) in [5.41, 5.74) is -5.20. The van der Waals surface area contributed by atoms with Crippen LogP contribution in [0, 0.1) is 0 Å². The number of benzene rings is 2. The summed E-state index contributed by atoms with van der Waals surface area (Å²) < 4.78 is 78.4. The highest BCUT2D eigenvalue weighted by molar-refractivity contribution is 5.79. The van der Waals surface area contributed by atoms with Crippen LogP contribution in [0.25, 0.3) is 0 Å². The molecule has 4 rings (SSSR count). The van der Waals surface area contributed by atoms with E-state index < -0.39 is 57.9 Å². The summed E-state index contributed by atoms with van der Waals surface area (Å²) in [7, 11) is 0. The lowest BCUT2D eigenvalue weighted by Crippen LogP contribution is -2.38. The van der Waals surface area contributed by atoms with Gasteiger partial charge >= 0.3 is 12.4 Å². The second-order valence-electron chi connectivity index (χ2n) is 7.42. The molecule has 0 fully saturated rings. The van der Waals surface area contributed by atoms with E-state index in [2.05, 4.69) is 10.6 Å². The van der Waals surface area contributed by atoms with Crippen molar-refractivity contribution < 1.29 is 31.4 Å². The lowest BCUT2D eigenvalue weighted by atomic mass is 10.0. The van der Waals surface area contributed by atoms with Crippen LogP contribution in [0.1, 0.15) is 28.3 Å². The Labute approximate surface area is 176 Å². The number of hydrogen-bond acceptors (Lipinski definition) is 5. The SMILES string of the molecule is O=c1c(Nc2cc(C(F)(F)F)cc(C(F)(F)F)c2)c(N[C@@H]2c3ccccc3C[C@H]2O)c1=O. The highest BCUT2D eigenvalue weighted by Crippen LogP contribution is 2.39. The predicted molar refractivity (Wildman–Crippen MR) is 104 cm³/mol. The molecular weight excluding hydrogens is 442 g/mol. The fourth-order valence-electron chi connectivity index (χ4n) is 3.72. The first-order valence-electron chi connectivity index (χ1n) is 9.28. The van der Waals surface area contributed by atoms with Crippen molar-refractivity contribution in [2.24, 2.45) is 0 Å². The van der Waals surface area contributed by atoms with Gasteiger partial charge in [0, 0.05) is 12.1 Å². The van der Waals surface area contributed by atoms with Gasteiger partial charge in [0.05, 0.1) is 23.3 Å². The van der Waals surface area contributed by atoms with E-state index in [9.17, 15) is 41.0 Å². The lowest BCUT2D eigenvalue weighted by molar-refractivity contribution is -0.143. The second kappa shape index (κ2) is 7.37. The van der Waals surface area contributed by atoms with Crippen LogP contribution in [0.5, 0.6) is 0 Å². The molecule has 0 bridgehead atoms. The minimum Gasteiger partial charge on any atom is -0.390 e. The van der Waals surface area contributed by atoms with Gasteiger partial charge in [0.1, 0.15) is 11.4 Å². The average molecular weight is 456 g/mol. The lowest BCUT2D eigenvalue weighted by Gasteiger charge is -2.23. The van der Waals surface area contributed by atoms with E-state index in [-0.39, 0.29) is 18.2 Å². The topological polar surface area (TPSA) is 78.4 Å². The van der Waals surface area contributed by atoms with E-state index in [0.717, 1.165) is 5.56 Å². The standard InChI is InChI=1S/C21H14F6N2O3/c22-20(23,24)10-6-11(21(25,26)27)8-12(7-10)28-16-17(19(32)18(16)31)29-15-13-4-2-1-3-9(13)5-14(15)30/h1-4,6-8,14-15,28-30H,5H2/t14-,15-/m1/s1. The first-order chi connectivity index (χ1) is 14.9. The van der Waals surface area contributed by atoms with Crippen molar-refractivity contribution >= 4 is 17.1 Å². The van der Waals surface area contributed by atoms with E-state index in [4.69, 9.17) is 0 Å². The number of anilines is 3. The van der Waals surface area contributed by atoms with Crippen molar-refractivity contribution in [1.82, 2.24) is 0 Å². The number of fused-ring (bicyclic) bond motifs is 1. The number of rotatable bonds is 4. The molecule has 0 spiro atoms. The molecule has 0 unspecified atom stereocenters. The molecule has 1 aliphatic carbocycles. The normalized spacial score (nSPS) is 18.6. The van der Waals surface area contributed by atoms with Crippen molar-refractivity contribution in [2.45, 2.75) is 30.9 Å². The number of nitrogens with one attached hydrogen (secondary N) is 2. The maximum absolute atomic E-state index is 13.1. The number of halogens is 6. The summed E-state index contributed by atoms with van der Waals surface area (Å²) in [5.74, 6) is 0. The summed E-state index contributed by atoms with van der Waals surface area (Å²) in [4.78, 5) is 24.1. The summed E-state index contributed by atoms with van der Waals surface area (Å²) in [5, 5.41) is 15.2. The van der Waals surface area contributed by atoms with Crippen LogP contribution in [0.4, 0.5) is 43.4 Å². The zero-order chi connectivity index (χ0) is 23.4. The molecule has 0 aliphatic heterocycles. The quantitative estimate of drug-likeness (QED) is 0.407. The fraction of sp³-hybridized carbons (Fsp3) is 0.238. The largest absolute Gasteiger partial charge is 0.416 e. The summed E-state index contributed by atoms with van der Waals surface area (Å²) >= 11 is 0. The molecule has 32 heavy (non-hydrogen) atoms. The third-order valence-corrected chi connectivity index (χ3v) is 5.27. The van der Waals surface area contributed by atoms with E-state index in [1.165, 1.54) is 0 Å². The minimum absolute atomic E-state index is 0.0434. The molecule has 5 nitrogen and oxygen atoms in total. The Kier molecular flexibility index (Phi) is 5.04. The highest BCUT2D eigenvalue weighted by Gasteiger charge is 2.38. The molecule has 0 heterocycles. The third-order valence-electron chi connectivity index (χ3n) is 5.27. The van der Waals surface area contributed by atoms with Gasteiger partial charge in [-0.15, -0.1) is 0 Å². The van der Waals surface area contributed by atoms with Crippen LogP contribution in [-0.2, 0) is 18.8 Å². The third kappa shape index (κ3) is 3.83. The second-order valence-corrected chi connectivity index (χ2v) is 7.42. The van der Waals surface area contributed by atoms with E-state index in [1.54, 1.807) is 24.3 Å². The number of aliphatic hydroxyl groups excluding tert-OH is 1. The van der Waals surface area contributed by atoms with Crippen molar-refractivity contribution in [3.05, 3.63) is 85.2 Å². The van der Waals surface area contributed by atoms with E-state index in [0.29, 0.717) is 17.7 Å². The predicted octanol–water partition coefficient (Wildman–Crippen LogP) is 4.13. The van der Waals surface area contributed by atoms with Gasteiger partial charge in [0.25, 0.3) is 10.9 Å². The average Bonchev–Trinajstić information content (AvgIpc) is 3.03.